The van der Waals surface area contributed by atoms with Crippen molar-refractivity contribution in [2.75, 3.05) is 0 Å². The fraction of sp³-hybridized carbons (Fsp3) is 0.944. The number of carbonyl (C=O) groups excluding carboxylic acids is 1. The summed E-state index contributed by atoms with van der Waals surface area (Å²) in [6.07, 6.45) is 18.1. The van der Waals surface area contributed by atoms with E-state index in [0.29, 0.717) is 16.2 Å². The highest BCUT2D eigenvalue weighted by Gasteiger charge is 2.02. The molecule has 2 radical (unpaired) electrons. The summed E-state index contributed by atoms with van der Waals surface area (Å²) in [7, 11) is 0.357. The second-order valence-electron chi connectivity index (χ2n) is 5.96. The fourth-order valence-corrected chi connectivity index (χ4v) is 2.90. The van der Waals surface area contributed by atoms with Gasteiger partial charge in [-0.15, -0.1) is 0 Å². The Hall–Kier alpha value is -0.313. The van der Waals surface area contributed by atoms with Crippen molar-refractivity contribution < 1.29 is 9.22 Å². The van der Waals surface area contributed by atoms with Crippen molar-refractivity contribution >= 4 is 15.7 Å². The van der Waals surface area contributed by atoms with Crippen molar-refractivity contribution in [2.45, 2.75) is 110 Å². The van der Waals surface area contributed by atoms with Gasteiger partial charge >= 0.3 is 9.76 Å². The molecule has 0 rings (SSSR count). The highest BCUT2D eigenvalue weighted by atomic mass is 28.2. The number of hydrogen-bond donors (Lipinski definition) is 0. The van der Waals surface area contributed by atoms with Gasteiger partial charge in [0.25, 0.3) is 5.97 Å². The molecule has 0 aromatic carbocycles. The average molecular weight is 313 g/mol. The summed E-state index contributed by atoms with van der Waals surface area (Å²) in [6, 6.07) is 0.949. The fourth-order valence-electron chi connectivity index (χ4n) is 2.49. The third kappa shape index (κ3) is 17.6. The predicted molar refractivity (Wildman–Crippen MR) is 92.6 cm³/mol. The first kappa shape index (κ1) is 20.7. The van der Waals surface area contributed by atoms with Gasteiger partial charge in [0.2, 0.25) is 0 Å². The molecular formula is C18H36O2Si. The lowest BCUT2D eigenvalue weighted by Crippen LogP contribution is -2.07. The van der Waals surface area contributed by atoms with Crippen molar-refractivity contribution in [3.8, 4) is 0 Å². The molecule has 0 N–H and O–H groups in total. The van der Waals surface area contributed by atoms with Crippen LogP contribution in [0.5, 0.6) is 0 Å². The molecule has 21 heavy (non-hydrogen) atoms. The molecule has 124 valence electrons. The van der Waals surface area contributed by atoms with E-state index in [4.69, 9.17) is 4.43 Å². The number of unbranched alkanes of at least 4 members (excludes halogenated alkanes) is 12. The molecular weight excluding hydrogens is 276 g/mol. The van der Waals surface area contributed by atoms with E-state index in [0.717, 1.165) is 12.5 Å². The molecule has 0 heterocycles. The highest BCUT2D eigenvalue weighted by Crippen LogP contribution is 2.13. The van der Waals surface area contributed by atoms with E-state index in [2.05, 4.69) is 6.92 Å². The maximum Gasteiger partial charge on any atom is 0.314 e. The zero-order valence-corrected chi connectivity index (χ0v) is 15.4. The molecule has 0 aromatic heterocycles. The number of rotatable bonds is 16. The third-order valence-electron chi connectivity index (χ3n) is 3.81. The van der Waals surface area contributed by atoms with Crippen LogP contribution in [0.3, 0.4) is 0 Å². The van der Waals surface area contributed by atoms with Crippen molar-refractivity contribution in [3.05, 3.63) is 0 Å². The molecule has 0 fully saturated rings. The summed E-state index contributed by atoms with van der Waals surface area (Å²) in [6.45, 7) is 4.31. The monoisotopic (exact) mass is 312 g/mol. The van der Waals surface area contributed by atoms with Crippen LogP contribution in [0, 0.1) is 0 Å². The zero-order chi connectivity index (χ0) is 15.6. The summed E-state index contributed by atoms with van der Waals surface area (Å²) in [5.74, 6) is -0.00161. The SMILES string of the molecule is CCCCCCCCCCCCCCCC(=O)O[Si]CC. The summed E-state index contributed by atoms with van der Waals surface area (Å²) in [4.78, 5) is 11.3. The molecule has 2 nitrogen and oxygen atoms in total. The van der Waals surface area contributed by atoms with Crippen LogP contribution in [0.4, 0.5) is 0 Å². The Morgan fingerprint density at radius 3 is 1.57 bits per heavy atom. The molecule has 0 amide bonds. The van der Waals surface area contributed by atoms with E-state index in [1.165, 1.54) is 77.0 Å². The Morgan fingerprint density at radius 2 is 1.14 bits per heavy atom. The largest absolute Gasteiger partial charge is 0.516 e. The summed E-state index contributed by atoms with van der Waals surface area (Å²) in [5.41, 5.74) is 0. The van der Waals surface area contributed by atoms with Crippen LogP contribution in [0.15, 0.2) is 0 Å². The van der Waals surface area contributed by atoms with E-state index in [9.17, 15) is 4.79 Å². The minimum atomic E-state index is -0.00161. The Morgan fingerprint density at radius 1 is 0.714 bits per heavy atom. The molecule has 0 aliphatic heterocycles. The first-order chi connectivity index (χ1) is 10.3. The van der Waals surface area contributed by atoms with Crippen LogP contribution in [-0.4, -0.2) is 15.7 Å². The first-order valence-corrected chi connectivity index (χ1v) is 10.3. The van der Waals surface area contributed by atoms with Crippen LogP contribution in [0.25, 0.3) is 0 Å². The van der Waals surface area contributed by atoms with E-state index >= 15 is 0 Å². The smallest absolute Gasteiger partial charge is 0.314 e. The van der Waals surface area contributed by atoms with E-state index in [1.54, 1.807) is 0 Å². The number of carbonyl (C=O) groups is 1. The quantitative estimate of drug-likeness (QED) is 0.255. The minimum Gasteiger partial charge on any atom is -0.516 e. The molecule has 0 aliphatic rings. The van der Waals surface area contributed by atoms with Gasteiger partial charge in [-0.2, -0.15) is 0 Å². The Bertz CT molecular complexity index is 219. The molecule has 0 unspecified atom stereocenters. The van der Waals surface area contributed by atoms with Crippen LogP contribution in [-0.2, 0) is 9.22 Å². The molecule has 3 heteroatoms. The molecule has 0 saturated carbocycles. The maximum absolute atomic E-state index is 11.3. The second kappa shape index (κ2) is 17.7. The molecule has 0 atom stereocenters. The molecule has 0 aliphatic carbocycles. The maximum atomic E-state index is 11.3. The molecule has 0 spiro atoms. The summed E-state index contributed by atoms with van der Waals surface area (Å²) < 4.78 is 5.09. The standard InChI is InChI=1S/C18H36O2Si/c1-3-5-6-7-8-9-10-11-12-13-14-15-16-17-18(19)20-21-4-2/h3-17H2,1-2H3. The summed E-state index contributed by atoms with van der Waals surface area (Å²) in [5, 5.41) is 0. The van der Waals surface area contributed by atoms with Gasteiger partial charge in [0.1, 0.15) is 0 Å². The van der Waals surface area contributed by atoms with E-state index in [1.807, 2.05) is 6.92 Å². The highest BCUT2D eigenvalue weighted by molar-refractivity contribution is 6.30. The van der Waals surface area contributed by atoms with Gasteiger partial charge in [0.05, 0.1) is 0 Å². The Labute approximate surface area is 135 Å². The second-order valence-corrected chi connectivity index (χ2v) is 7.16. The zero-order valence-electron chi connectivity index (χ0n) is 14.4. The van der Waals surface area contributed by atoms with Gasteiger partial charge in [0, 0.05) is 6.42 Å². The lowest BCUT2D eigenvalue weighted by molar-refractivity contribution is -0.134. The van der Waals surface area contributed by atoms with Crippen LogP contribution < -0.4 is 0 Å². The average Bonchev–Trinajstić information content (AvgIpc) is 2.49. The van der Waals surface area contributed by atoms with Crippen molar-refractivity contribution in [3.63, 3.8) is 0 Å². The normalized spacial score (nSPS) is 10.8. The van der Waals surface area contributed by atoms with E-state index < -0.39 is 0 Å². The number of hydrogen-bond acceptors (Lipinski definition) is 2. The molecule has 0 saturated heterocycles. The van der Waals surface area contributed by atoms with Crippen molar-refractivity contribution in [2.24, 2.45) is 0 Å². The third-order valence-corrected chi connectivity index (χ3v) is 4.48. The van der Waals surface area contributed by atoms with Gasteiger partial charge in [0.15, 0.2) is 0 Å². The van der Waals surface area contributed by atoms with Crippen molar-refractivity contribution in [1.29, 1.82) is 0 Å². The first-order valence-electron chi connectivity index (χ1n) is 9.23. The van der Waals surface area contributed by atoms with Gasteiger partial charge in [-0.3, -0.25) is 4.79 Å². The van der Waals surface area contributed by atoms with Gasteiger partial charge in [-0.05, 0) is 12.5 Å². The van der Waals surface area contributed by atoms with Crippen LogP contribution in [0.1, 0.15) is 104 Å². The van der Waals surface area contributed by atoms with Crippen molar-refractivity contribution in [1.82, 2.24) is 0 Å². The van der Waals surface area contributed by atoms with Gasteiger partial charge in [-0.25, -0.2) is 0 Å². The Balaban J connectivity index is 3.04. The molecule has 0 bridgehead atoms. The lowest BCUT2D eigenvalue weighted by Gasteiger charge is -2.03. The van der Waals surface area contributed by atoms with Crippen LogP contribution >= 0.6 is 0 Å². The Kier molecular flexibility index (Phi) is 17.5. The van der Waals surface area contributed by atoms with Gasteiger partial charge < -0.3 is 4.43 Å². The van der Waals surface area contributed by atoms with E-state index in [-0.39, 0.29) is 5.97 Å². The van der Waals surface area contributed by atoms with Crippen LogP contribution in [0.2, 0.25) is 6.04 Å². The lowest BCUT2D eigenvalue weighted by atomic mass is 10.0. The van der Waals surface area contributed by atoms with Gasteiger partial charge in [-0.1, -0.05) is 90.9 Å². The molecule has 0 aromatic rings. The topological polar surface area (TPSA) is 26.3 Å². The minimum absolute atomic E-state index is 0.00161. The predicted octanol–water partition coefficient (Wildman–Crippen LogP) is 6.07. The summed E-state index contributed by atoms with van der Waals surface area (Å²) >= 11 is 0.